The summed E-state index contributed by atoms with van der Waals surface area (Å²) in [6.07, 6.45) is 0. The maximum atomic E-state index is 5.50. The minimum Gasteiger partial charge on any atom is -0.461 e. The van der Waals surface area contributed by atoms with E-state index in [4.69, 9.17) is 27.6 Å². The average molecular weight is 231 g/mol. The molecule has 0 amide bonds. The first-order valence-corrected chi connectivity index (χ1v) is 5.33. The van der Waals surface area contributed by atoms with Gasteiger partial charge in [-0.05, 0) is 25.5 Å². The first kappa shape index (κ1) is 11.4. The summed E-state index contributed by atoms with van der Waals surface area (Å²) in [6.45, 7) is 4.03. The molecule has 2 rings (SSSR count). The molecule has 14 heavy (non-hydrogen) atoms. The molecule has 0 spiro atoms. The molecule has 0 unspecified atom stereocenters. The summed E-state index contributed by atoms with van der Waals surface area (Å²) < 4.78 is 5.50. The van der Waals surface area contributed by atoms with Crippen LogP contribution in [0.15, 0.2) is 28.7 Å². The van der Waals surface area contributed by atoms with Crippen molar-refractivity contribution in [2.45, 2.75) is 13.8 Å². The van der Waals surface area contributed by atoms with Crippen molar-refractivity contribution >= 4 is 34.2 Å². The highest BCUT2D eigenvalue weighted by Crippen LogP contribution is 2.21. The second-order valence-electron chi connectivity index (χ2n) is 2.95. The molecule has 0 aliphatic rings. The molecule has 1 nitrogen and oxygen atoms in total. The Labute approximate surface area is 93.6 Å². The van der Waals surface area contributed by atoms with E-state index >= 15 is 0 Å². The fourth-order valence-electron chi connectivity index (χ4n) is 1.34. The Morgan fingerprint density at radius 1 is 1.21 bits per heavy atom. The van der Waals surface area contributed by atoms with E-state index in [1.807, 2.05) is 13.0 Å². The minimum atomic E-state index is 0.194. The van der Waals surface area contributed by atoms with Gasteiger partial charge in [0.05, 0.1) is 5.34 Å². The Kier molecular flexibility index (Phi) is 4.30. The molecule has 0 N–H and O–H groups in total. The predicted molar refractivity (Wildman–Crippen MR) is 62.3 cm³/mol. The van der Waals surface area contributed by atoms with E-state index in [2.05, 4.69) is 25.1 Å². The predicted octanol–water partition coefficient (Wildman–Crippen LogP) is 4.47. The molecule has 2 aromatic rings. The summed E-state index contributed by atoms with van der Waals surface area (Å²) >= 11 is 9.53. The fraction of sp³-hybridized carbons (Fsp3) is 0.273. The second kappa shape index (κ2) is 5.28. The van der Waals surface area contributed by atoms with Gasteiger partial charge in [-0.15, -0.1) is 23.2 Å². The van der Waals surface area contributed by atoms with Gasteiger partial charge in [-0.25, -0.2) is 0 Å². The number of para-hydroxylation sites is 1. The summed E-state index contributed by atoms with van der Waals surface area (Å²) in [5.74, 6) is 0.981. The molecule has 0 aliphatic heterocycles. The minimum absolute atomic E-state index is 0.194. The zero-order valence-electron chi connectivity index (χ0n) is 8.18. The largest absolute Gasteiger partial charge is 0.461 e. The number of furan rings is 1. The SMILES string of the molecule is Cc1cc2cccc(C)c2o1.ClCCl. The maximum Gasteiger partial charge on any atom is 0.137 e. The van der Waals surface area contributed by atoms with Crippen molar-refractivity contribution in [1.82, 2.24) is 0 Å². The highest BCUT2D eigenvalue weighted by molar-refractivity contribution is 6.40. The molecule has 0 radical (unpaired) electrons. The van der Waals surface area contributed by atoms with Crippen molar-refractivity contribution in [3.63, 3.8) is 0 Å². The fourth-order valence-corrected chi connectivity index (χ4v) is 1.34. The van der Waals surface area contributed by atoms with Crippen LogP contribution < -0.4 is 0 Å². The van der Waals surface area contributed by atoms with E-state index in [0.29, 0.717) is 0 Å². The number of aryl methyl sites for hydroxylation is 2. The van der Waals surface area contributed by atoms with Gasteiger partial charge in [0, 0.05) is 5.39 Å². The lowest BCUT2D eigenvalue weighted by Crippen LogP contribution is -1.69. The Morgan fingerprint density at radius 3 is 2.43 bits per heavy atom. The third-order valence-electron chi connectivity index (χ3n) is 1.86. The van der Waals surface area contributed by atoms with Crippen LogP contribution in [0.25, 0.3) is 11.0 Å². The number of benzene rings is 1. The molecule has 0 saturated carbocycles. The summed E-state index contributed by atoms with van der Waals surface area (Å²) in [7, 11) is 0. The van der Waals surface area contributed by atoms with Crippen LogP contribution >= 0.6 is 23.2 Å². The summed E-state index contributed by atoms with van der Waals surface area (Å²) in [4.78, 5) is 0. The lowest BCUT2D eigenvalue weighted by Gasteiger charge is -1.90. The summed E-state index contributed by atoms with van der Waals surface area (Å²) in [5, 5.41) is 1.39. The van der Waals surface area contributed by atoms with Crippen LogP contribution in [0.1, 0.15) is 11.3 Å². The van der Waals surface area contributed by atoms with E-state index < -0.39 is 0 Å². The molecule has 0 aliphatic carbocycles. The molecule has 1 aromatic carbocycles. The monoisotopic (exact) mass is 230 g/mol. The first-order valence-electron chi connectivity index (χ1n) is 4.26. The highest BCUT2D eigenvalue weighted by atomic mass is 35.5. The van der Waals surface area contributed by atoms with Crippen LogP contribution in [0.4, 0.5) is 0 Å². The van der Waals surface area contributed by atoms with Gasteiger partial charge in [-0.3, -0.25) is 0 Å². The Morgan fingerprint density at radius 2 is 1.86 bits per heavy atom. The number of alkyl halides is 2. The first-order chi connectivity index (χ1) is 6.69. The standard InChI is InChI=1S/C10H10O.CH2Cl2/c1-7-4-3-5-9-6-8(2)11-10(7)9;2-1-3/h3-6H,1-2H3;1H2. The van der Waals surface area contributed by atoms with E-state index in [0.717, 1.165) is 11.3 Å². The third kappa shape index (κ3) is 2.66. The molecular weight excluding hydrogens is 219 g/mol. The average Bonchev–Trinajstić information content (AvgIpc) is 2.48. The zero-order chi connectivity index (χ0) is 10.6. The van der Waals surface area contributed by atoms with Gasteiger partial charge in [-0.1, -0.05) is 18.2 Å². The molecule has 0 saturated heterocycles. The van der Waals surface area contributed by atoms with Crippen molar-refractivity contribution in [3.8, 4) is 0 Å². The van der Waals surface area contributed by atoms with Gasteiger partial charge in [0.25, 0.3) is 0 Å². The molecule has 3 heteroatoms. The zero-order valence-corrected chi connectivity index (χ0v) is 9.69. The highest BCUT2D eigenvalue weighted by Gasteiger charge is 2.00. The normalized spacial score (nSPS) is 9.71. The Bertz CT molecular complexity index is 407. The summed E-state index contributed by atoms with van der Waals surface area (Å²) in [6, 6.07) is 8.24. The Hall–Kier alpha value is -0.660. The maximum absolute atomic E-state index is 5.50. The van der Waals surface area contributed by atoms with Gasteiger partial charge in [-0.2, -0.15) is 0 Å². The van der Waals surface area contributed by atoms with Crippen molar-refractivity contribution in [3.05, 3.63) is 35.6 Å². The number of hydrogen-bond acceptors (Lipinski definition) is 1. The second-order valence-corrected chi connectivity index (χ2v) is 3.76. The topological polar surface area (TPSA) is 13.1 Å². The van der Waals surface area contributed by atoms with E-state index in [9.17, 15) is 0 Å². The van der Waals surface area contributed by atoms with Crippen LogP contribution in [0.3, 0.4) is 0 Å². The Balaban J connectivity index is 0.000000293. The lowest BCUT2D eigenvalue weighted by atomic mass is 10.2. The van der Waals surface area contributed by atoms with E-state index in [-0.39, 0.29) is 5.34 Å². The quantitative estimate of drug-likeness (QED) is 0.609. The van der Waals surface area contributed by atoms with Crippen LogP contribution in [0, 0.1) is 13.8 Å². The van der Waals surface area contributed by atoms with Gasteiger partial charge in [0.2, 0.25) is 0 Å². The van der Waals surface area contributed by atoms with Crippen LogP contribution in [-0.2, 0) is 0 Å². The molecular formula is C11H12Cl2O. The smallest absolute Gasteiger partial charge is 0.137 e. The van der Waals surface area contributed by atoms with Crippen LogP contribution in [0.2, 0.25) is 0 Å². The van der Waals surface area contributed by atoms with Crippen molar-refractivity contribution in [1.29, 1.82) is 0 Å². The van der Waals surface area contributed by atoms with Crippen molar-refractivity contribution in [2.75, 3.05) is 5.34 Å². The molecule has 0 bridgehead atoms. The number of hydrogen-bond donors (Lipinski definition) is 0. The van der Waals surface area contributed by atoms with Crippen molar-refractivity contribution in [2.24, 2.45) is 0 Å². The van der Waals surface area contributed by atoms with Gasteiger partial charge in [0.15, 0.2) is 0 Å². The number of fused-ring (bicyclic) bond motifs is 1. The molecule has 1 aromatic heterocycles. The number of halogens is 2. The third-order valence-corrected chi connectivity index (χ3v) is 1.86. The van der Waals surface area contributed by atoms with Gasteiger partial charge < -0.3 is 4.42 Å². The van der Waals surface area contributed by atoms with E-state index in [1.54, 1.807) is 0 Å². The molecule has 1 heterocycles. The lowest BCUT2D eigenvalue weighted by molar-refractivity contribution is 0.576. The van der Waals surface area contributed by atoms with Crippen molar-refractivity contribution < 1.29 is 4.42 Å². The van der Waals surface area contributed by atoms with Crippen LogP contribution in [0.5, 0.6) is 0 Å². The molecule has 76 valence electrons. The van der Waals surface area contributed by atoms with E-state index in [1.165, 1.54) is 10.9 Å². The molecule has 0 fully saturated rings. The number of rotatable bonds is 0. The van der Waals surface area contributed by atoms with Gasteiger partial charge >= 0.3 is 0 Å². The molecule has 0 atom stereocenters. The van der Waals surface area contributed by atoms with Crippen LogP contribution in [-0.4, -0.2) is 5.34 Å². The van der Waals surface area contributed by atoms with Gasteiger partial charge in [0.1, 0.15) is 11.3 Å². The summed E-state index contributed by atoms with van der Waals surface area (Å²) in [5.41, 5.74) is 2.22.